The molecule has 0 spiro atoms. The Morgan fingerprint density at radius 3 is 2.64 bits per heavy atom. The third-order valence-corrected chi connectivity index (χ3v) is 3.80. The molecule has 2 aromatic rings. The van der Waals surface area contributed by atoms with Gasteiger partial charge in [0.05, 0.1) is 25.6 Å². The summed E-state index contributed by atoms with van der Waals surface area (Å²) in [4.78, 5) is 17.7. The van der Waals surface area contributed by atoms with Gasteiger partial charge < -0.3 is 19.6 Å². The highest BCUT2D eigenvalue weighted by Gasteiger charge is 2.29. The Labute approximate surface area is 144 Å². The number of hydrogen-bond donors (Lipinski definition) is 1. The molecule has 0 aromatic heterocycles. The number of ether oxygens (including phenoxy) is 2. The lowest BCUT2D eigenvalue weighted by Crippen LogP contribution is -2.28. The van der Waals surface area contributed by atoms with Crippen molar-refractivity contribution in [2.75, 3.05) is 19.5 Å². The van der Waals surface area contributed by atoms with Crippen molar-refractivity contribution in [1.29, 1.82) is 0 Å². The van der Waals surface area contributed by atoms with Crippen molar-refractivity contribution in [2.45, 2.75) is 12.5 Å². The van der Waals surface area contributed by atoms with E-state index < -0.39 is 6.10 Å². The maximum atomic E-state index is 13.0. The normalized spacial score (nSPS) is 16.0. The fourth-order valence-corrected chi connectivity index (χ4v) is 2.46. The van der Waals surface area contributed by atoms with E-state index in [1.807, 2.05) is 0 Å². The van der Waals surface area contributed by atoms with Crippen LogP contribution in [0.5, 0.6) is 11.5 Å². The second-order valence-corrected chi connectivity index (χ2v) is 5.40. The second kappa shape index (κ2) is 7.21. The molecule has 0 saturated carbocycles. The van der Waals surface area contributed by atoms with Crippen LogP contribution >= 0.6 is 0 Å². The van der Waals surface area contributed by atoms with Gasteiger partial charge in [0, 0.05) is 12.5 Å². The number of methoxy groups -OCH3 is 2. The topological polar surface area (TPSA) is 69.2 Å². The molecule has 25 heavy (non-hydrogen) atoms. The summed E-state index contributed by atoms with van der Waals surface area (Å²) in [6, 6.07) is 11.0. The number of hydrogen-bond acceptors (Lipinski definition) is 5. The SMILES string of the molecule is COc1ccc(OC)c(NC(=O)C2CC(c3ccc(F)cc3)=NO2)c1. The lowest BCUT2D eigenvalue weighted by atomic mass is 10.0. The van der Waals surface area contributed by atoms with Gasteiger partial charge in [0.15, 0.2) is 0 Å². The fraction of sp³-hybridized carbons (Fsp3) is 0.222. The minimum absolute atomic E-state index is 0.295. The molecular weight excluding hydrogens is 327 g/mol. The average Bonchev–Trinajstić information content (AvgIpc) is 3.12. The van der Waals surface area contributed by atoms with Crippen LogP contribution in [-0.2, 0) is 9.63 Å². The largest absolute Gasteiger partial charge is 0.497 e. The van der Waals surface area contributed by atoms with Crippen LogP contribution < -0.4 is 14.8 Å². The molecule has 3 rings (SSSR count). The Balaban J connectivity index is 1.68. The van der Waals surface area contributed by atoms with E-state index in [0.29, 0.717) is 29.3 Å². The molecule has 0 fully saturated rings. The van der Waals surface area contributed by atoms with Crippen molar-refractivity contribution < 1.29 is 23.5 Å². The van der Waals surface area contributed by atoms with Crippen molar-refractivity contribution in [3.05, 3.63) is 53.8 Å². The van der Waals surface area contributed by atoms with Gasteiger partial charge in [-0.05, 0) is 29.8 Å². The standard InChI is InChI=1S/C18H17FN2O4/c1-23-13-7-8-16(24-2)15(9-13)20-18(22)17-10-14(21-25-17)11-3-5-12(19)6-4-11/h3-9,17H,10H2,1-2H3,(H,20,22). The van der Waals surface area contributed by atoms with Crippen LogP contribution in [0.25, 0.3) is 0 Å². The summed E-state index contributed by atoms with van der Waals surface area (Å²) in [7, 11) is 3.05. The zero-order valence-electron chi connectivity index (χ0n) is 13.8. The maximum Gasteiger partial charge on any atom is 0.268 e. The van der Waals surface area contributed by atoms with Crippen molar-refractivity contribution in [2.24, 2.45) is 5.16 Å². The lowest BCUT2D eigenvalue weighted by molar-refractivity contribution is -0.125. The highest BCUT2D eigenvalue weighted by Crippen LogP contribution is 2.29. The minimum atomic E-state index is -0.768. The molecule has 1 heterocycles. The van der Waals surface area contributed by atoms with Gasteiger partial charge in [0.1, 0.15) is 17.3 Å². The third-order valence-electron chi connectivity index (χ3n) is 3.80. The van der Waals surface area contributed by atoms with E-state index >= 15 is 0 Å². The fourth-order valence-electron chi connectivity index (χ4n) is 2.46. The number of amides is 1. The molecule has 0 aliphatic carbocycles. The van der Waals surface area contributed by atoms with Crippen molar-refractivity contribution in [3.63, 3.8) is 0 Å². The summed E-state index contributed by atoms with van der Waals surface area (Å²) in [6.45, 7) is 0. The van der Waals surface area contributed by atoms with E-state index in [2.05, 4.69) is 10.5 Å². The number of carbonyl (C=O) groups excluding carboxylic acids is 1. The Bertz CT molecular complexity index is 805. The van der Waals surface area contributed by atoms with Crippen LogP contribution in [-0.4, -0.2) is 31.9 Å². The zero-order chi connectivity index (χ0) is 17.8. The summed E-state index contributed by atoms with van der Waals surface area (Å²) in [6.07, 6.45) is -0.472. The molecule has 130 valence electrons. The molecule has 0 radical (unpaired) electrons. The average molecular weight is 344 g/mol. The van der Waals surface area contributed by atoms with E-state index in [1.54, 1.807) is 30.3 Å². The van der Waals surface area contributed by atoms with Gasteiger partial charge in [-0.25, -0.2) is 4.39 Å². The number of nitrogens with one attached hydrogen (secondary N) is 1. The molecule has 1 atom stereocenters. The lowest BCUT2D eigenvalue weighted by Gasteiger charge is -2.13. The van der Waals surface area contributed by atoms with Gasteiger partial charge in [-0.1, -0.05) is 17.3 Å². The molecule has 7 heteroatoms. The summed E-state index contributed by atoms with van der Waals surface area (Å²) < 4.78 is 23.4. The molecule has 1 amide bonds. The van der Waals surface area contributed by atoms with Crippen LogP contribution in [0.1, 0.15) is 12.0 Å². The maximum absolute atomic E-state index is 13.0. The smallest absolute Gasteiger partial charge is 0.268 e. The first-order chi connectivity index (χ1) is 12.1. The number of nitrogens with zero attached hydrogens (tertiary/aromatic N) is 1. The van der Waals surface area contributed by atoms with Crippen molar-refractivity contribution in [1.82, 2.24) is 0 Å². The third kappa shape index (κ3) is 3.71. The van der Waals surface area contributed by atoms with E-state index in [0.717, 1.165) is 5.56 Å². The summed E-state index contributed by atoms with van der Waals surface area (Å²) in [5.74, 6) is 0.411. The van der Waals surface area contributed by atoms with Gasteiger partial charge in [-0.15, -0.1) is 0 Å². The summed E-state index contributed by atoms with van der Waals surface area (Å²) in [5, 5.41) is 6.69. The second-order valence-electron chi connectivity index (χ2n) is 5.40. The Hall–Kier alpha value is -3.09. The number of rotatable bonds is 5. The first kappa shape index (κ1) is 16.8. The van der Waals surface area contributed by atoms with Crippen LogP contribution in [0.15, 0.2) is 47.6 Å². The molecule has 1 N–H and O–H groups in total. The minimum Gasteiger partial charge on any atom is -0.497 e. The summed E-state index contributed by atoms with van der Waals surface area (Å²) in [5.41, 5.74) is 1.79. The van der Waals surface area contributed by atoms with Gasteiger partial charge in [0.2, 0.25) is 6.10 Å². The first-order valence-corrected chi connectivity index (χ1v) is 7.62. The highest BCUT2D eigenvalue weighted by molar-refractivity contribution is 6.06. The number of carbonyl (C=O) groups is 1. The quantitative estimate of drug-likeness (QED) is 0.905. The molecule has 1 aliphatic heterocycles. The Kier molecular flexibility index (Phi) is 4.83. The van der Waals surface area contributed by atoms with Gasteiger partial charge in [0.25, 0.3) is 5.91 Å². The van der Waals surface area contributed by atoms with Crippen LogP contribution in [0, 0.1) is 5.82 Å². The Morgan fingerprint density at radius 1 is 1.20 bits per heavy atom. The number of oxime groups is 1. The van der Waals surface area contributed by atoms with Crippen LogP contribution in [0.2, 0.25) is 0 Å². The molecule has 0 bridgehead atoms. The number of halogens is 1. The molecule has 2 aromatic carbocycles. The highest BCUT2D eigenvalue weighted by atomic mass is 19.1. The van der Waals surface area contributed by atoms with Gasteiger partial charge in [-0.2, -0.15) is 0 Å². The molecule has 0 saturated heterocycles. The number of benzene rings is 2. The van der Waals surface area contributed by atoms with E-state index in [9.17, 15) is 9.18 Å². The molecular formula is C18H17FN2O4. The predicted octanol–water partition coefficient (Wildman–Crippen LogP) is 2.97. The van der Waals surface area contributed by atoms with Crippen molar-refractivity contribution >= 4 is 17.3 Å². The predicted molar refractivity (Wildman–Crippen MR) is 90.6 cm³/mol. The van der Waals surface area contributed by atoms with E-state index in [4.69, 9.17) is 14.3 Å². The Morgan fingerprint density at radius 2 is 1.96 bits per heavy atom. The van der Waals surface area contributed by atoms with Gasteiger partial charge >= 0.3 is 0 Å². The molecule has 1 aliphatic rings. The van der Waals surface area contributed by atoms with Crippen LogP contribution in [0.3, 0.4) is 0 Å². The van der Waals surface area contributed by atoms with Crippen molar-refractivity contribution in [3.8, 4) is 11.5 Å². The van der Waals surface area contributed by atoms with Crippen LogP contribution in [0.4, 0.5) is 10.1 Å². The molecule has 1 unspecified atom stereocenters. The van der Waals surface area contributed by atoms with E-state index in [1.165, 1.54) is 26.4 Å². The zero-order valence-corrected chi connectivity index (χ0v) is 13.8. The number of anilines is 1. The van der Waals surface area contributed by atoms with E-state index in [-0.39, 0.29) is 11.7 Å². The summed E-state index contributed by atoms with van der Waals surface area (Å²) >= 11 is 0. The molecule has 6 nitrogen and oxygen atoms in total. The monoisotopic (exact) mass is 344 g/mol. The first-order valence-electron chi connectivity index (χ1n) is 7.62. The van der Waals surface area contributed by atoms with Gasteiger partial charge in [-0.3, -0.25) is 4.79 Å².